The Bertz CT molecular complexity index is 453. The number of anilines is 1. The minimum absolute atomic E-state index is 0.955. The fourth-order valence-corrected chi connectivity index (χ4v) is 3.52. The molecule has 0 unspecified atom stereocenters. The second-order valence-corrected chi connectivity index (χ2v) is 5.88. The molecule has 3 heteroatoms. The number of thiazole rings is 1. The van der Waals surface area contributed by atoms with Crippen LogP contribution in [0.2, 0.25) is 0 Å². The Hall–Kier alpha value is -1.09. The summed E-state index contributed by atoms with van der Waals surface area (Å²) in [6, 6.07) is 8.33. The third-order valence-electron chi connectivity index (χ3n) is 3.60. The second kappa shape index (κ2) is 5.05. The molecular formula is C14H18N2S. The molecule has 1 aliphatic carbocycles. The van der Waals surface area contributed by atoms with Gasteiger partial charge in [-0.05, 0) is 24.5 Å². The maximum absolute atomic E-state index is 4.58. The maximum Gasteiger partial charge on any atom is 0.183 e. The van der Waals surface area contributed by atoms with Crippen molar-refractivity contribution in [3.63, 3.8) is 0 Å². The van der Waals surface area contributed by atoms with Crippen molar-refractivity contribution >= 4 is 26.7 Å². The summed E-state index contributed by atoms with van der Waals surface area (Å²) in [6.07, 6.45) is 7.04. The van der Waals surface area contributed by atoms with Gasteiger partial charge in [0.15, 0.2) is 5.13 Å². The van der Waals surface area contributed by atoms with Crippen molar-refractivity contribution in [3.05, 3.63) is 24.3 Å². The lowest BCUT2D eigenvalue weighted by Gasteiger charge is -2.08. The molecule has 2 aromatic rings. The predicted molar refractivity (Wildman–Crippen MR) is 74.7 cm³/mol. The number of para-hydroxylation sites is 1. The Balaban J connectivity index is 1.57. The van der Waals surface area contributed by atoms with E-state index in [0.717, 1.165) is 23.1 Å². The molecule has 2 nitrogen and oxygen atoms in total. The molecule has 0 amide bonds. The van der Waals surface area contributed by atoms with E-state index in [0.29, 0.717) is 0 Å². The van der Waals surface area contributed by atoms with Gasteiger partial charge in [-0.3, -0.25) is 0 Å². The minimum Gasteiger partial charge on any atom is -0.361 e. The zero-order chi connectivity index (χ0) is 11.5. The molecule has 0 spiro atoms. The van der Waals surface area contributed by atoms with E-state index < -0.39 is 0 Å². The molecule has 1 saturated carbocycles. The molecule has 17 heavy (non-hydrogen) atoms. The number of hydrogen-bond acceptors (Lipinski definition) is 3. The lowest BCUT2D eigenvalue weighted by Crippen LogP contribution is -2.06. The van der Waals surface area contributed by atoms with Crippen LogP contribution in [0.15, 0.2) is 24.3 Å². The van der Waals surface area contributed by atoms with Gasteiger partial charge in [0, 0.05) is 6.54 Å². The Morgan fingerprint density at radius 3 is 2.88 bits per heavy atom. The van der Waals surface area contributed by atoms with Crippen LogP contribution in [0.4, 0.5) is 5.13 Å². The Morgan fingerprint density at radius 1 is 1.24 bits per heavy atom. The zero-order valence-corrected chi connectivity index (χ0v) is 10.8. The van der Waals surface area contributed by atoms with Crippen LogP contribution in [0.5, 0.6) is 0 Å². The van der Waals surface area contributed by atoms with Crippen LogP contribution >= 0.6 is 11.3 Å². The third kappa shape index (κ3) is 2.60. The van der Waals surface area contributed by atoms with Gasteiger partial charge in [0.1, 0.15) is 0 Å². The molecule has 0 bridgehead atoms. The lowest BCUT2D eigenvalue weighted by atomic mass is 10.0. The van der Waals surface area contributed by atoms with Crippen LogP contribution in [0.3, 0.4) is 0 Å². The summed E-state index contributed by atoms with van der Waals surface area (Å²) in [5.41, 5.74) is 1.11. The van der Waals surface area contributed by atoms with Crippen LogP contribution in [-0.2, 0) is 0 Å². The number of rotatable bonds is 4. The van der Waals surface area contributed by atoms with Gasteiger partial charge in [0.2, 0.25) is 0 Å². The molecule has 1 aromatic carbocycles. The van der Waals surface area contributed by atoms with Crippen molar-refractivity contribution in [1.29, 1.82) is 0 Å². The quantitative estimate of drug-likeness (QED) is 0.870. The van der Waals surface area contributed by atoms with Gasteiger partial charge in [-0.1, -0.05) is 49.2 Å². The molecule has 0 aliphatic heterocycles. The largest absolute Gasteiger partial charge is 0.361 e. The molecule has 1 N–H and O–H groups in total. The average molecular weight is 246 g/mol. The highest BCUT2D eigenvalue weighted by atomic mass is 32.1. The molecule has 1 aromatic heterocycles. The minimum atomic E-state index is 0.955. The number of aromatic nitrogens is 1. The van der Waals surface area contributed by atoms with Crippen molar-refractivity contribution in [3.8, 4) is 0 Å². The third-order valence-corrected chi connectivity index (χ3v) is 4.59. The van der Waals surface area contributed by atoms with Crippen molar-refractivity contribution in [2.24, 2.45) is 5.92 Å². The zero-order valence-electron chi connectivity index (χ0n) is 9.98. The topological polar surface area (TPSA) is 24.9 Å². The van der Waals surface area contributed by atoms with Crippen LogP contribution in [0, 0.1) is 5.92 Å². The Morgan fingerprint density at radius 2 is 2.06 bits per heavy atom. The Kier molecular flexibility index (Phi) is 3.27. The summed E-state index contributed by atoms with van der Waals surface area (Å²) in [7, 11) is 0. The fourth-order valence-electron chi connectivity index (χ4n) is 2.63. The molecule has 0 atom stereocenters. The van der Waals surface area contributed by atoms with E-state index in [9.17, 15) is 0 Å². The molecular weight excluding hydrogens is 228 g/mol. The highest BCUT2D eigenvalue weighted by Crippen LogP contribution is 2.28. The monoisotopic (exact) mass is 246 g/mol. The second-order valence-electron chi connectivity index (χ2n) is 4.85. The van der Waals surface area contributed by atoms with E-state index in [1.807, 2.05) is 6.07 Å². The van der Waals surface area contributed by atoms with Gasteiger partial charge in [-0.25, -0.2) is 4.98 Å². The molecule has 1 fully saturated rings. The first-order valence-corrected chi connectivity index (χ1v) is 7.33. The number of benzene rings is 1. The van der Waals surface area contributed by atoms with Crippen molar-refractivity contribution in [2.45, 2.75) is 32.1 Å². The summed E-state index contributed by atoms with van der Waals surface area (Å²) >= 11 is 1.76. The molecule has 1 heterocycles. The highest BCUT2D eigenvalue weighted by Gasteiger charge is 2.14. The van der Waals surface area contributed by atoms with Crippen molar-refractivity contribution in [1.82, 2.24) is 4.98 Å². The van der Waals surface area contributed by atoms with E-state index in [2.05, 4.69) is 28.5 Å². The van der Waals surface area contributed by atoms with E-state index in [1.165, 1.54) is 36.8 Å². The molecule has 0 saturated heterocycles. The standard InChI is InChI=1S/C14H18N2S/c1-2-6-11(5-1)9-10-15-14-16-12-7-3-4-8-13(12)17-14/h3-4,7-8,11H,1-2,5-6,9-10H2,(H,15,16). The van der Waals surface area contributed by atoms with Crippen LogP contribution in [0.1, 0.15) is 32.1 Å². The summed E-state index contributed by atoms with van der Waals surface area (Å²) in [5, 5.41) is 4.54. The number of fused-ring (bicyclic) bond motifs is 1. The molecule has 0 radical (unpaired) electrons. The first-order chi connectivity index (χ1) is 8.42. The smallest absolute Gasteiger partial charge is 0.183 e. The van der Waals surface area contributed by atoms with E-state index >= 15 is 0 Å². The van der Waals surface area contributed by atoms with Gasteiger partial charge in [0.25, 0.3) is 0 Å². The van der Waals surface area contributed by atoms with Crippen LogP contribution in [0.25, 0.3) is 10.2 Å². The molecule has 3 rings (SSSR count). The lowest BCUT2D eigenvalue weighted by molar-refractivity contribution is 0.518. The van der Waals surface area contributed by atoms with Gasteiger partial charge in [-0.2, -0.15) is 0 Å². The maximum atomic E-state index is 4.58. The first kappa shape index (κ1) is 11.0. The summed E-state index contributed by atoms with van der Waals surface area (Å²) < 4.78 is 1.27. The summed E-state index contributed by atoms with van der Waals surface area (Å²) in [5.74, 6) is 0.955. The number of nitrogens with one attached hydrogen (secondary N) is 1. The molecule has 1 aliphatic rings. The Labute approximate surface area is 106 Å². The van der Waals surface area contributed by atoms with Gasteiger partial charge < -0.3 is 5.32 Å². The fraction of sp³-hybridized carbons (Fsp3) is 0.500. The van der Waals surface area contributed by atoms with Crippen molar-refractivity contribution < 1.29 is 0 Å². The SMILES string of the molecule is c1ccc2sc(NCCC3CCCC3)nc2c1. The van der Waals surface area contributed by atoms with E-state index in [-0.39, 0.29) is 0 Å². The predicted octanol–water partition coefficient (Wildman–Crippen LogP) is 4.29. The number of nitrogens with zero attached hydrogens (tertiary/aromatic N) is 1. The summed E-state index contributed by atoms with van der Waals surface area (Å²) in [4.78, 5) is 4.58. The highest BCUT2D eigenvalue weighted by molar-refractivity contribution is 7.22. The van der Waals surface area contributed by atoms with Crippen molar-refractivity contribution in [2.75, 3.05) is 11.9 Å². The average Bonchev–Trinajstić information content (AvgIpc) is 2.96. The first-order valence-electron chi connectivity index (χ1n) is 6.51. The van der Waals surface area contributed by atoms with Crippen LogP contribution in [-0.4, -0.2) is 11.5 Å². The van der Waals surface area contributed by atoms with Gasteiger partial charge in [-0.15, -0.1) is 0 Å². The van der Waals surface area contributed by atoms with Crippen LogP contribution < -0.4 is 5.32 Å². The van der Waals surface area contributed by atoms with Gasteiger partial charge in [0.05, 0.1) is 10.2 Å². The molecule has 90 valence electrons. The number of hydrogen-bond donors (Lipinski definition) is 1. The van der Waals surface area contributed by atoms with E-state index in [1.54, 1.807) is 11.3 Å². The summed E-state index contributed by atoms with van der Waals surface area (Å²) in [6.45, 7) is 1.07. The van der Waals surface area contributed by atoms with Gasteiger partial charge >= 0.3 is 0 Å². The normalized spacial score (nSPS) is 16.7. The van der Waals surface area contributed by atoms with E-state index in [4.69, 9.17) is 0 Å².